The van der Waals surface area contributed by atoms with E-state index in [4.69, 9.17) is 5.73 Å². The molecule has 0 bridgehead atoms. The van der Waals surface area contributed by atoms with Crippen LogP contribution < -0.4 is 5.73 Å². The highest BCUT2D eigenvalue weighted by atomic mass is 127. The van der Waals surface area contributed by atoms with Crippen molar-refractivity contribution >= 4 is 50.7 Å². The number of nitrogens with two attached hydrogens (primary N) is 1. The summed E-state index contributed by atoms with van der Waals surface area (Å²) >= 11 is 5.35. The van der Waals surface area contributed by atoms with Crippen LogP contribution in [0.25, 0.3) is 0 Å². The smallest absolute Gasteiger partial charge is 0.263 e. The summed E-state index contributed by atoms with van der Waals surface area (Å²) < 4.78 is 1.55. The van der Waals surface area contributed by atoms with Gasteiger partial charge in [-0.15, -0.1) is 0 Å². The van der Waals surface area contributed by atoms with E-state index in [1.807, 2.05) is 22.6 Å². The van der Waals surface area contributed by atoms with Gasteiger partial charge >= 0.3 is 0 Å². The van der Waals surface area contributed by atoms with E-state index in [0.717, 1.165) is 9.26 Å². The molecule has 0 amide bonds. The monoisotopic (exact) mass is 408 g/mol. The molecule has 0 aliphatic carbocycles. The minimum Gasteiger partial charge on any atom is -0.506 e. The number of tetrazole rings is 1. The Balaban J connectivity index is 2.37. The molecule has 9 heteroatoms. The van der Waals surface area contributed by atoms with Crippen LogP contribution in [0, 0.1) is 3.57 Å². The first-order valence-corrected chi connectivity index (χ1v) is 6.21. The van der Waals surface area contributed by atoms with Crippen LogP contribution in [0.2, 0.25) is 0 Å². The summed E-state index contributed by atoms with van der Waals surface area (Å²) in [4.78, 5) is 1.06. The number of benzene rings is 1. The van der Waals surface area contributed by atoms with E-state index in [1.54, 1.807) is 12.1 Å². The first kappa shape index (κ1) is 12.2. The maximum absolute atomic E-state index is 9.81. The minimum absolute atomic E-state index is 0.0745. The van der Waals surface area contributed by atoms with Gasteiger partial charge in [-0.2, -0.15) is 5.10 Å². The predicted octanol–water partition coefficient (Wildman–Crippen LogP) is 1.21. The van der Waals surface area contributed by atoms with E-state index in [0.29, 0.717) is 9.13 Å². The molecule has 1 aromatic carbocycles. The summed E-state index contributed by atoms with van der Waals surface area (Å²) in [6.45, 7) is 0. The van der Waals surface area contributed by atoms with E-state index < -0.39 is 0 Å². The number of hydrogen-bond acceptors (Lipinski definition) is 6. The summed E-state index contributed by atoms with van der Waals surface area (Å²) in [7, 11) is 0. The molecule has 0 saturated heterocycles. The molecule has 0 unspecified atom stereocenters. The minimum atomic E-state index is 0.0745. The number of anilines is 1. The zero-order valence-electron chi connectivity index (χ0n) is 8.25. The summed E-state index contributed by atoms with van der Waals surface area (Å²) in [6.07, 6.45) is 1.43. The first-order chi connectivity index (χ1) is 8.08. The van der Waals surface area contributed by atoms with Gasteiger partial charge in [-0.25, -0.2) is 0 Å². The van der Waals surface area contributed by atoms with Crippen molar-refractivity contribution in [3.05, 3.63) is 25.7 Å². The van der Waals surface area contributed by atoms with E-state index in [-0.39, 0.29) is 11.7 Å². The fourth-order valence-electron chi connectivity index (χ4n) is 1.07. The maximum atomic E-state index is 9.81. The Hall–Kier alpha value is -1.23. The number of aromatic nitrogens is 4. The molecule has 2 aromatic rings. The number of nitrogens with zero attached hydrogens (tertiary/aromatic N) is 5. The second-order valence-corrected chi connectivity index (χ2v) is 5.07. The van der Waals surface area contributed by atoms with Crippen molar-refractivity contribution in [3.8, 4) is 5.75 Å². The lowest BCUT2D eigenvalue weighted by Gasteiger charge is -2.02. The lowest BCUT2D eigenvalue weighted by molar-refractivity contribution is 0.470. The molecule has 7 nitrogen and oxygen atoms in total. The van der Waals surface area contributed by atoms with Crippen molar-refractivity contribution in [2.24, 2.45) is 5.10 Å². The Morgan fingerprint density at radius 2 is 2.29 bits per heavy atom. The van der Waals surface area contributed by atoms with Crippen LogP contribution in [0.15, 0.2) is 21.7 Å². The Morgan fingerprint density at radius 1 is 1.53 bits per heavy atom. The lowest BCUT2D eigenvalue weighted by atomic mass is 10.2. The molecule has 1 aromatic heterocycles. The van der Waals surface area contributed by atoms with Crippen molar-refractivity contribution in [2.75, 3.05) is 5.73 Å². The van der Waals surface area contributed by atoms with E-state index >= 15 is 0 Å². The average molecular weight is 409 g/mol. The fraction of sp³-hybridized carbons (Fsp3) is 0. The Bertz CT molecular complexity index is 583. The molecule has 2 rings (SSSR count). The summed E-state index contributed by atoms with van der Waals surface area (Å²) in [6, 6.07) is 3.51. The Kier molecular flexibility index (Phi) is 3.57. The Morgan fingerprint density at radius 3 is 2.94 bits per heavy atom. The number of nitrogen functional groups attached to an aromatic ring is 1. The van der Waals surface area contributed by atoms with Crippen molar-refractivity contribution in [1.82, 2.24) is 20.3 Å². The van der Waals surface area contributed by atoms with Crippen LogP contribution in [-0.4, -0.2) is 31.6 Å². The maximum Gasteiger partial charge on any atom is 0.263 e. The Labute approximate surface area is 118 Å². The number of rotatable bonds is 2. The highest BCUT2D eigenvalue weighted by Gasteiger charge is 2.05. The molecule has 1 heterocycles. The highest BCUT2D eigenvalue weighted by Crippen LogP contribution is 2.27. The molecule has 0 aliphatic heterocycles. The largest absolute Gasteiger partial charge is 0.506 e. The summed E-state index contributed by atoms with van der Waals surface area (Å²) in [5.41, 5.74) is 5.98. The number of halogens is 2. The fourth-order valence-corrected chi connectivity index (χ4v) is 2.62. The topological polar surface area (TPSA) is 102 Å². The van der Waals surface area contributed by atoms with Crippen LogP contribution in [0.4, 0.5) is 5.95 Å². The number of aromatic hydroxyl groups is 1. The third-order valence-electron chi connectivity index (χ3n) is 1.84. The molecule has 0 radical (unpaired) electrons. The van der Waals surface area contributed by atoms with Gasteiger partial charge in [0.25, 0.3) is 5.95 Å². The second kappa shape index (κ2) is 4.96. The van der Waals surface area contributed by atoms with Crippen molar-refractivity contribution in [2.45, 2.75) is 0 Å². The average Bonchev–Trinajstić information content (AvgIpc) is 2.67. The second-order valence-electron chi connectivity index (χ2n) is 3.00. The molecule has 3 N–H and O–H groups in total. The van der Waals surface area contributed by atoms with Crippen molar-refractivity contribution in [3.63, 3.8) is 0 Å². The zero-order valence-corrected chi connectivity index (χ0v) is 12.0. The quantitative estimate of drug-likeness (QED) is 0.574. The van der Waals surface area contributed by atoms with Gasteiger partial charge in [-0.1, -0.05) is 25.8 Å². The number of phenols is 1. The SMILES string of the molecule is Nc1nnnn1N=Cc1cc(Br)cc(I)c1O. The van der Waals surface area contributed by atoms with Crippen LogP contribution in [0.3, 0.4) is 0 Å². The van der Waals surface area contributed by atoms with Gasteiger partial charge in [0.1, 0.15) is 5.75 Å². The molecule has 0 saturated carbocycles. The third-order valence-corrected chi connectivity index (χ3v) is 3.12. The van der Waals surface area contributed by atoms with E-state index in [1.165, 1.54) is 6.21 Å². The number of phenolic OH excluding ortho intramolecular Hbond substituents is 1. The predicted molar refractivity (Wildman–Crippen MR) is 73.7 cm³/mol. The van der Waals surface area contributed by atoms with Gasteiger partial charge in [0.05, 0.1) is 9.78 Å². The molecule has 0 spiro atoms. The van der Waals surface area contributed by atoms with E-state index in [2.05, 4.69) is 36.6 Å². The molecule has 88 valence electrons. The van der Waals surface area contributed by atoms with Crippen LogP contribution >= 0.6 is 38.5 Å². The van der Waals surface area contributed by atoms with Gasteiger partial charge < -0.3 is 10.8 Å². The lowest BCUT2D eigenvalue weighted by Crippen LogP contribution is -2.00. The highest BCUT2D eigenvalue weighted by molar-refractivity contribution is 14.1. The summed E-state index contributed by atoms with van der Waals surface area (Å²) in [5, 5.41) is 24.1. The normalized spacial score (nSPS) is 11.2. The van der Waals surface area contributed by atoms with Gasteiger partial charge in [0.15, 0.2) is 0 Å². The van der Waals surface area contributed by atoms with Crippen molar-refractivity contribution in [1.29, 1.82) is 0 Å². The van der Waals surface area contributed by atoms with E-state index in [9.17, 15) is 5.11 Å². The first-order valence-electron chi connectivity index (χ1n) is 4.34. The summed E-state index contributed by atoms with van der Waals surface area (Å²) in [5.74, 6) is 0.217. The molecule has 0 aliphatic rings. The molecular formula is C8H6BrIN6O. The zero-order chi connectivity index (χ0) is 12.4. The molecular weight excluding hydrogens is 403 g/mol. The standard InChI is InChI=1S/C8H6BrIN6O/c9-5-1-4(7(17)6(10)2-5)3-12-16-8(11)13-14-15-16/h1-3,17H,(H2,11,13,15). The van der Waals surface area contributed by atoms with Crippen LogP contribution in [-0.2, 0) is 0 Å². The molecule has 0 fully saturated rings. The third kappa shape index (κ3) is 2.72. The van der Waals surface area contributed by atoms with Gasteiger partial charge in [-0.05, 0) is 45.2 Å². The van der Waals surface area contributed by atoms with Crippen LogP contribution in [0.1, 0.15) is 5.56 Å². The van der Waals surface area contributed by atoms with Crippen molar-refractivity contribution < 1.29 is 5.11 Å². The van der Waals surface area contributed by atoms with Crippen LogP contribution in [0.5, 0.6) is 5.75 Å². The van der Waals surface area contributed by atoms with Gasteiger partial charge in [-0.3, -0.25) is 0 Å². The van der Waals surface area contributed by atoms with Gasteiger partial charge in [0.2, 0.25) is 0 Å². The molecule has 17 heavy (non-hydrogen) atoms. The number of hydrogen-bond donors (Lipinski definition) is 2. The molecule has 0 atom stereocenters. The van der Waals surface area contributed by atoms with Gasteiger partial charge in [0, 0.05) is 10.0 Å².